The minimum absolute atomic E-state index is 0.0376. The van der Waals surface area contributed by atoms with E-state index < -0.39 is 5.97 Å². The van der Waals surface area contributed by atoms with Gasteiger partial charge in [0.1, 0.15) is 0 Å². The van der Waals surface area contributed by atoms with E-state index in [0.717, 1.165) is 11.6 Å². The zero-order chi connectivity index (χ0) is 13.5. The Balaban J connectivity index is 2.70. The molecule has 0 aliphatic rings. The first-order valence-electron chi connectivity index (χ1n) is 5.78. The lowest BCUT2D eigenvalue weighted by Gasteiger charge is -2.07. The fourth-order valence-electron chi connectivity index (χ4n) is 1.47. The minimum atomic E-state index is -0.996. The molecular formula is C14H17NO3. The highest BCUT2D eigenvalue weighted by Crippen LogP contribution is 2.13. The van der Waals surface area contributed by atoms with Crippen molar-refractivity contribution >= 4 is 23.6 Å². The van der Waals surface area contributed by atoms with E-state index in [1.54, 1.807) is 24.3 Å². The Hall–Kier alpha value is -2.10. The highest BCUT2D eigenvalue weighted by Gasteiger charge is 2.05. The van der Waals surface area contributed by atoms with Gasteiger partial charge in [0, 0.05) is 18.2 Å². The molecule has 0 atom stereocenters. The molecule has 4 nitrogen and oxygen atoms in total. The van der Waals surface area contributed by atoms with Crippen LogP contribution < -0.4 is 5.32 Å². The lowest BCUT2D eigenvalue weighted by atomic mass is 10.1. The Labute approximate surface area is 106 Å². The van der Waals surface area contributed by atoms with Gasteiger partial charge in [0.2, 0.25) is 5.91 Å². The molecule has 2 N–H and O–H groups in total. The lowest BCUT2D eigenvalue weighted by Crippen LogP contribution is -2.13. The highest BCUT2D eigenvalue weighted by molar-refractivity contribution is 5.91. The maximum Gasteiger partial charge on any atom is 0.328 e. The van der Waals surface area contributed by atoms with Crippen LogP contribution in [0.25, 0.3) is 6.08 Å². The maximum atomic E-state index is 11.6. The van der Waals surface area contributed by atoms with Crippen molar-refractivity contribution in [3.8, 4) is 0 Å². The zero-order valence-corrected chi connectivity index (χ0v) is 10.5. The van der Waals surface area contributed by atoms with Gasteiger partial charge < -0.3 is 10.4 Å². The summed E-state index contributed by atoms with van der Waals surface area (Å²) in [5.74, 6) is -0.728. The third-order valence-electron chi connectivity index (χ3n) is 2.18. The van der Waals surface area contributed by atoms with E-state index in [-0.39, 0.29) is 5.91 Å². The number of carbonyl (C=O) groups excluding carboxylic acids is 1. The molecular weight excluding hydrogens is 230 g/mol. The zero-order valence-electron chi connectivity index (χ0n) is 10.5. The number of amides is 1. The Morgan fingerprint density at radius 2 is 2.11 bits per heavy atom. The summed E-state index contributed by atoms with van der Waals surface area (Å²) in [6.45, 7) is 3.96. The number of anilines is 1. The van der Waals surface area contributed by atoms with Gasteiger partial charge in [-0.3, -0.25) is 4.79 Å². The van der Waals surface area contributed by atoms with Crippen LogP contribution in [-0.4, -0.2) is 17.0 Å². The van der Waals surface area contributed by atoms with Crippen LogP contribution in [-0.2, 0) is 9.59 Å². The standard InChI is InChI=1S/C14H17NO3/c1-10(2)8-13(16)15-12-5-3-4-11(9-12)6-7-14(17)18/h3-7,9-10H,8H2,1-2H3,(H,15,16)(H,17,18). The second-order valence-electron chi connectivity index (χ2n) is 4.44. The summed E-state index contributed by atoms with van der Waals surface area (Å²) >= 11 is 0. The number of benzene rings is 1. The van der Waals surface area contributed by atoms with E-state index in [0.29, 0.717) is 18.0 Å². The number of carboxylic acid groups (broad SMARTS) is 1. The van der Waals surface area contributed by atoms with Crippen LogP contribution in [0.1, 0.15) is 25.8 Å². The molecule has 1 aromatic carbocycles. The highest BCUT2D eigenvalue weighted by atomic mass is 16.4. The maximum absolute atomic E-state index is 11.6. The first-order chi connectivity index (χ1) is 8.47. The summed E-state index contributed by atoms with van der Waals surface area (Å²) in [5.41, 5.74) is 1.41. The summed E-state index contributed by atoms with van der Waals surface area (Å²) in [4.78, 5) is 22.0. The SMILES string of the molecule is CC(C)CC(=O)Nc1cccc(C=CC(=O)O)c1. The lowest BCUT2D eigenvalue weighted by molar-refractivity contribution is -0.131. The van der Waals surface area contributed by atoms with Crippen molar-refractivity contribution in [2.75, 3.05) is 5.32 Å². The number of nitrogens with one attached hydrogen (secondary N) is 1. The molecule has 0 aliphatic carbocycles. The second kappa shape index (κ2) is 6.59. The monoisotopic (exact) mass is 247 g/mol. The van der Waals surface area contributed by atoms with Crippen LogP contribution in [0.3, 0.4) is 0 Å². The van der Waals surface area contributed by atoms with Crippen molar-refractivity contribution in [3.63, 3.8) is 0 Å². The molecule has 0 aromatic heterocycles. The molecule has 96 valence electrons. The average molecular weight is 247 g/mol. The molecule has 0 bridgehead atoms. The molecule has 0 saturated heterocycles. The molecule has 1 rings (SSSR count). The largest absolute Gasteiger partial charge is 0.478 e. The summed E-state index contributed by atoms with van der Waals surface area (Å²) < 4.78 is 0. The van der Waals surface area contributed by atoms with Crippen molar-refractivity contribution in [1.29, 1.82) is 0 Å². The average Bonchev–Trinajstić information content (AvgIpc) is 2.25. The predicted molar refractivity (Wildman–Crippen MR) is 71.2 cm³/mol. The van der Waals surface area contributed by atoms with Gasteiger partial charge >= 0.3 is 5.97 Å². The number of carbonyl (C=O) groups is 2. The van der Waals surface area contributed by atoms with Gasteiger partial charge in [0.15, 0.2) is 0 Å². The van der Waals surface area contributed by atoms with E-state index in [1.165, 1.54) is 6.08 Å². The molecule has 1 amide bonds. The molecule has 0 spiro atoms. The molecule has 0 aliphatic heterocycles. The fourth-order valence-corrected chi connectivity index (χ4v) is 1.47. The smallest absolute Gasteiger partial charge is 0.328 e. The van der Waals surface area contributed by atoms with E-state index in [2.05, 4.69) is 5.32 Å². The Bertz CT molecular complexity index is 464. The van der Waals surface area contributed by atoms with Gasteiger partial charge in [-0.1, -0.05) is 26.0 Å². The summed E-state index contributed by atoms with van der Waals surface area (Å²) in [6.07, 6.45) is 3.02. The van der Waals surface area contributed by atoms with Crippen LogP contribution in [0, 0.1) is 5.92 Å². The Kier molecular flexibility index (Phi) is 5.11. The molecule has 0 fully saturated rings. The van der Waals surface area contributed by atoms with Crippen LogP contribution >= 0.6 is 0 Å². The van der Waals surface area contributed by atoms with E-state index in [4.69, 9.17) is 5.11 Å². The molecule has 0 radical (unpaired) electrons. The third-order valence-corrected chi connectivity index (χ3v) is 2.18. The van der Waals surface area contributed by atoms with Gasteiger partial charge in [0.05, 0.1) is 0 Å². The van der Waals surface area contributed by atoms with Gasteiger partial charge in [0.25, 0.3) is 0 Å². The summed E-state index contributed by atoms with van der Waals surface area (Å²) in [7, 11) is 0. The van der Waals surface area contributed by atoms with Gasteiger partial charge in [-0.05, 0) is 29.7 Å². The van der Waals surface area contributed by atoms with Crippen molar-refractivity contribution in [2.24, 2.45) is 5.92 Å². The van der Waals surface area contributed by atoms with E-state index in [9.17, 15) is 9.59 Å². The third kappa shape index (κ3) is 5.30. The Morgan fingerprint density at radius 1 is 1.39 bits per heavy atom. The Morgan fingerprint density at radius 3 is 2.72 bits per heavy atom. The van der Waals surface area contributed by atoms with Crippen molar-refractivity contribution in [3.05, 3.63) is 35.9 Å². The quantitative estimate of drug-likeness (QED) is 0.786. The van der Waals surface area contributed by atoms with Gasteiger partial charge in [-0.2, -0.15) is 0 Å². The number of aliphatic carboxylic acids is 1. The van der Waals surface area contributed by atoms with E-state index >= 15 is 0 Å². The minimum Gasteiger partial charge on any atom is -0.478 e. The van der Waals surface area contributed by atoms with E-state index in [1.807, 2.05) is 13.8 Å². The number of hydrogen-bond acceptors (Lipinski definition) is 2. The van der Waals surface area contributed by atoms with Crippen molar-refractivity contribution in [1.82, 2.24) is 0 Å². The van der Waals surface area contributed by atoms with Crippen LogP contribution in [0.4, 0.5) is 5.69 Å². The van der Waals surface area contributed by atoms with Crippen LogP contribution in [0.5, 0.6) is 0 Å². The second-order valence-corrected chi connectivity index (χ2v) is 4.44. The van der Waals surface area contributed by atoms with Gasteiger partial charge in [-0.15, -0.1) is 0 Å². The predicted octanol–water partition coefficient (Wildman–Crippen LogP) is 2.77. The normalized spacial score (nSPS) is 10.8. The topological polar surface area (TPSA) is 66.4 Å². The summed E-state index contributed by atoms with van der Waals surface area (Å²) in [6, 6.07) is 7.05. The van der Waals surface area contributed by atoms with Crippen LogP contribution in [0.15, 0.2) is 30.3 Å². The number of carboxylic acids is 1. The first-order valence-corrected chi connectivity index (χ1v) is 5.78. The van der Waals surface area contributed by atoms with Gasteiger partial charge in [-0.25, -0.2) is 4.79 Å². The summed E-state index contributed by atoms with van der Waals surface area (Å²) in [5, 5.41) is 11.3. The fraction of sp³-hybridized carbons (Fsp3) is 0.286. The van der Waals surface area contributed by atoms with Crippen molar-refractivity contribution < 1.29 is 14.7 Å². The molecule has 0 unspecified atom stereocenters. The van der Waals surface area contributed by atoms with Crippen molar-refractivity contribution in [2.45, 2.75) is 20.3 Å². The molecule has 0 heterocycles. The van der Waals surface area contributed by atoms with Crippen LogP contribution in [0.2, 0.25) is 0 Å². The molecule has 18 heavy (non-hydrogen) atoms. The first kappa shape index (κ1) is 14.0. The molecule has 1 aromatic rings. The molecule has 4 heteroatoms. The molecule has 0 saturated carbocycles. The number of rotatable bonds is 5. The number of hydrogen-bond donors (Lipinski definition) is 2.